The molecule has 3 aromatic carbocycles. The van der Waals surface area contributed by atoms with Gasteiger partial charge >= 0.3 is 0 Å². The Bertz CT molecular complexity index is 741. The van der Waals surface area contributed by atoms with Crippen molar-refractivity contribution < 1.29 is 14.6 Å². The largest absolute Gasteiger partial charge is 0.492 e. The van der Waals surface area contributed by atoms with E-state index < -0.39 is 0 Å². The van der Waals surface area contributed by atoms with Crippen LogP contribution in [0.5, 0.6) is 5.75 Å². The van der Waals surface area contributed by atoms with Crippen LogP contribution in [0.1, 0.15) is 17.2 Å². The lowest BCUT2D eigenvalue weighted by molar-refractivity contribution is -0.0220. The fourth-order valence-electron chi connectivity index (χ4n) is 2.97. The minimum Gasteiger partial charge on any atom is -0.492 e. The van der Waals surface area contributed by atoms with Gasteiger partial charge in [0.05, 0.1) is 12.7 Å². The molecule has 0 saturated carbocycles. The average Bonchev–Trinajstić information content (AvgIpc) is 2.77. The molecule has 4 nitrogen and oxygen atoms in total. The van der Waals surface area contributed by atoms with Gasteiger partial charge in [-0.25, -0.2) is 0 Å². The maximum atomic E-state index is 9.81. The normalized spacial score (nSPS) is 12.1. The van der Waals surface area contributed by atoms with E-state index in [1.165, 1.54) is 0 Å². The van der Waals surface area contributed by atoms with Gasteiger partial charge in [-0.3, -0.25) is 0 Å². The Kier molecular flexibility index (Phi) is 8.07. The molecule has 0 heterocycles. The van der Waals surface area contributed by atoms with Crippen LogP contribution in [0.3, 0.4) is 0 Å². The van der Waals surface area contributed by atoms with Crippen molar-refractivity contribution in [3.63, 3.8) is 0 Å². The van der Waals surface area contributed by atoms with Gasteiger partial charge in [-0.1, -0.05) is 78.9 Å². The first-order chi connectivity index (χ1) is 13.9. The molecule has 28 heavy (non-hydrogen) atoms. The summed E-state index contributed by atoms with van der Waals surface area (Å²) in [5.74, 6) is 0.854. The summed E-state index contributed by atoms with van der Waals surface area (Å²) in [5, 5.41) is 13.1. The maximum Gasteiger partial charge on any atom is 0.119 e. The Morgan fingerprint density at radius 1 is 0.750 bits per heavy atom. The first-order valence-electron chi connectivity index (χ1n) is 9.61. The monoisotopic (exact) mass is 377 g/mol. The van der Waals surface area contributed by atoms with Crippen molar-refractivity contribution in [3.8, 4) is 5.75 Å². The van der Waals surface area contributed by atoms with Crippen molar-refractivity contribution in [2.45, 2.75) is 12.2 Å². The second-order valence-electron chi connectivity index (χ2n) is 6.51. The summed E-state index contributed by atoms with van der Waals surface area (Å²) in [4.78, 5) is 0. The molecular formula is C24H27NO3. The van der Waals surface area contributed by atoms with Crippen LogP contribution in [0, 0.1) is 0 Å². The second-order valence-corrected chi connectivity index (χ2v) is 6.51. The number of aliphatic hydroxyl groups is 1. The van der Waals surface area contributed by atoms with Crippen LogP contribution >= 0.6 is 0 Å². The van der Waals surface area contributed by atoms with Crippen molar-refractivity contribution in [1.29, 1.82) is 0 Å². The molecule has 1 atom stereocenters. The highest BCUT2D eigenvalue weighted by atomic mass is 16.5. The van der Waals surface area contributed by atoms with E-state index >= 15 is 0 Å². The van der Waals surface area contributed by atoms with Crippen LogP contribution in [-0.4, -0.2) is 37.5 Å². The zero-order valence-corrected chi connectivity index (χ0v) is 15.9. The predicted molar refractivity (Wildman–Crippen MR) is 111 cm³/mol. The molecule has 4 heteroatoms. The lowest BCUT2D eigenvalue weighted by Gasteiger charge is -2.25. The molecule has 0 amide bonds. The van der Waals surface area contributed by atoms with Gasteiger partial charge in [0.25, 0.3) is 0 Å². The van der Waals surface area contributed by atoms with Crippen LogP contribution in [0.25, 0.3) is 0 Å². The van der Waals surface area contributed by atoms with Gasteiger partial charge in [-0.05, 0) is 23.3 Å². The van der Waals surface area contributed by atoms with Crippen LogP contribution in [0.2, 0.25) is 0 Å². The number of rotatable bonds is 11. The summed E-state index contributed by atoms with van der Waals surface area (Å²) in [7, 11) is 0. The highest BCUT2D eigenvalue weighted by Crippen LogP contribution is 2.27. The molecule has 2 N–H and O–H groups in total. The molecule has 0 fully saturated rings. The number of hydrogen-bond acceptors (Lipinski definition) is 4. The van der Waals surface area contributed by atoms with E-state index in [1.54, 1.807) is 0 Å². The zero-order chi connectivity index (χ0) is 19.4. The number of hydrogen-bond donors (Lipinski definition) is 2. The predicted octanol–water partition coefficient (Wildman–Crippen LogP) is 3.82. The van der Waals surface area contributed by atoms with Crippen molar-refractivity contribution >= 4 is 0 Å². The maximum absolute atomic E-state index is 9.81. The molecule has 0 saturated heterocycles. The third kappa shape index (κ3) is 6.20. The van der Waals surface area contributed by atoms with E-state index in [4.69, 9.17) is 9.47 Å². The summed E-state index contributed by atoms with van der Waals surface area (Å²) >= 11 is 0. The van der Waals surface area contributed by atoms with Gasteiger partial charge in [0.2, 0.25) is 0 Å². The molecule has 0 aromatic heterocycles. The Labute approximate surface area is 166 Å². The van der Waals surface area contributed by atoms with Gasteiger partial charge in [-0.15, -0.1) is 0 Å². The van der Waals surface area contributed by atoms with E-state index in [9.17, 15) is 5.11 Å². The molecule has 0 bridgehead atoms. The number of aliphatic hydroxyl groups excluding tert-OH is 1. The fraction of sp³-hybridized carbons (Fsp3) is 0.250. The molecule has 0 aliphatic rings. The minimum atomic E-state index is -0.317. The highest BCUT2D eigenvalue weighted by Gasteiger charge is 2.19. The molecule has 0 spiro atoms. The summed E-state index contributed by atoms with van der Waals surface area (Å²) in [5.41, 5.74) is 2.14. The molecule has 3 aromatic rings. The Balaban J connectivity index is 1.53. The Hall–Kier alpha value is -2.66. The van der Waals surface area contributed by atoms with E-state index in [0.717, 1.165) is 16.9 Å². The van der Waals surface area contributed by atoms with Crippen LogP contribution in [-0.2, 0) is 4.74 Å². The molecule has 3 rings (SSSR count). The SMILES string of the molecule is OCC(CNCCOc1ccccc1)OC(c1ccccc1)c1ccccc1. The van der Waals surface area contributed by atoms with Gasteiger partial charge in [0, 0.05) is 13.1 Å². The van der Waals surface area contributed by atoms with E-state index in [-0.39, 0.29) is 18.8 Å². The Morgan fingerprint density at radius 3 is 1.82 bits per heavy atom. The van der Waals surface area contributed by atoms with E-state index in [0.29, 0.717) is 19.7 Å². The van der Waals surface area contributed by atoms with Gasteiger partial charge in [0.1, 0.15) is 18.5 Å². The first-order valence-corrected chi connectivity index (χ1v) is 9.61. The van der Waals surface area contributed by atoms with Crippen molar-refractivity contribution in [1.82, 2.24) is 5.32 Å². The molecular weight excluding hydrogens is 350 g/mol. The van der Waals surface area contributed by atoms with Crippen molar-refractivity contribution in [2.24, 2.45) is 0 Å². The van der Waals surface area contributed by atoms with Crippen LogP contribution in [0.4, 0.5) is 0 Å². The fourth-order valence-corrected chi connectivity index (χ4v) is 2.97. The summed E-state index contributed by atoms with van der Waals surface area (Å²) in [6.07, 6.45) is -0.538. The van der Waals surface area contributed by atoms with Gasteiger partial charge in [0.15, 0.2) is 0 Å². The van der Waals surface area contributed by atoms with Gasteiger partial charge in [-0.2, -0.15) is 0 Å². The Morgan fingerprint density at radius 2 is 1.29 bits per heavy atom. The quantitative estimate of drug-likeness (QED) is 0.499. The summed E-state index contributed by atoms with van der Waals surface area (Å²) in [6.45, 7) is 1.73. The van der Waals surface area contributed by atoms with Crippen LogP contribution < -0.4 is 10.1 Å². The first kappa shape index (κ1) is 20.1. The minimum absolute atomic E-state index is 0.0529. The lowest BCUT2D eigenvalue weighted by atomic mass is 10.0. The van der Waals surface area contributed by atoms with Gasteiger partial charge < -0.3 is 19.9 Å². The topological polar surface area (TPSA) is 50.7 Å². The molecule has 0 aliphatic heterocycles. The van der Waals surface area contributed by atoms with E-state index in [1.807, 2.05) is 91.0 Å². The molecule has 0 radical (unpaired) electrons. The smallest absolute Gasteiger partial charge is 0.119 e. The van der Waals surface area contributed by atoms with E-state index in [2.05, 4.69) is 5.32 Å². The summed E-state index contributed by atoms with van der Waals surface area (Å²) < 4.78 is 12.0. The number of para-hydroxylation sites is 1. The zero-order valence-electron chi connectivity index (χ0n) is 15.9. The van der Waals surface area contributed by atoms with Crippen molar-refractivity contribution in [2.75, 3.05) is 26.3 Å². The number of benzene rings is 3. The van der Waals surface area contributed by atoms with Crippen LogP contribution in [0.15, 0.2) is 91.0 Å². The third-order valence-corrected chi connectivity index (χ3v) is 4.40. The van der Waals surface area contributed by atoms with Crippen molar-refractivity contribution in [3.05, 3.63) is 102 Å². The highest BCUT2D eigenvalue weighted by molar-refractivity contribution is 5.30. The third-order valence-electron chi connectivity index (χ3n) is 4.40. The molecule has 0 aliphatic carbocycles. The number of nitrogens with one attached hydrogen (secondary N) is 1. The molecule has 1 unspecified atom stereocenters. The standard InChI is InChI=1S/C24H27NO3/c26-19-23(18-25-16-17-27-22-14-8-3-9-15-22)28-24(20-10-4-1-5-11-20)21-12-6-2-7-13-21/h1-15,23-26H,16-19H2. The lowest BCUT2D eigenvalue weighted by Crippen LogP contribution is -2.35. The summed E-state index contributed by atoms with van der Waals surface area (Å²) in [6, 6.07) is 29.9. The average molecular weight is 377 g/mol. The number of ether oxygens (including phenoxy) is 2. The second kappa shape index (κ2) is 11.2. The molecule has 146 valence electrons.